The first-order chi connectivity index (χ1) is 11.3. The van der Waals surface area contributed by atoms with E-state index in [4.69, 9.17) is 0 Å². The summed E-state index contributed by atoms with van der Waals surface area (Å²) in [5.41, 5.74) is 3.10. The number of nitriles is 1. The van der Waals surface area contributed by atoms with E-state index in [1.807, 2.05) is 43.3 Å². The average molecular weight is 317 g/mol. The van der Waals surface area contributed by atoms with Crippen LogP contribution in [0.4, 0.5) is 0 Å². The van der Waals surface area contributed by atoms with Gasteiger partial charge in [0.1, 0.15) is 12.4 Å². The van der Waals surface area contributed by atoms with Crippen molar-refractivity contribution in [2.24, 2.45) is 0 Å². The molecule has 0 fully saturated rings. The second-order valence-corrected chi connectivity index (χ2v) is 6.24. The molecule has 110 valence electrons. The molecule has 2 aromatic heterocycles. The Bertz CT molecular complexity index is 1050. The van der Waals surface area contributed by atoms with Crippen molar-refractivity contribution in [3.63, 3.8) is 0 Å². The number of nitrogens with zero attached hydrogens (tertiary/aromatic N) is 5. The molecule has 0 saturated heterocycles. The van der Waals surface area contributed by atoms with Gasteiger partial charge in [0.05, 0.1) is 26.5 Å². The Labute approximate surface area is 136 Å². The van der Waals surface area contributed by atoms with Crippen molar-refractivity contribution < 1.29 is 0 Å². The van der Waals surface area contributed by atoms with Crippen molar-refractivity contribution in [1.29, 1.82) is 5.26 Å². The lowest BCUT2D eigenvalue weighted by Gasteiger charge is -2.08. The lowest BCUT2D eigenvalue weighted by Crippen LogP contribution is -2.02. The van der Waals surface area contributed by atoms with E-state index in [2.05, 4.69) is 21.1 Å². The predicted molar refractivity (Wildman–Crippen MR) is 89.4 cm³/mol. The normalized spacial score (nSPS) is 10.8. The molecule has 0 spiro atoms. The van der Waals surface area contributed by atoms with Crippen LogP contribution in [0.3, 0.4) is 0 Å². The van der Waals surface area contributed by atoms with E-state index >= 15 is 0 Å². The van der Waals surface area contributed by atoms with Gasteiger partial charge in [0.2, 0.25) is 0 Å². The Morgan fingerprint density at radius 2 is 2.00 bits per heavy atom. The molecule has 0 bridgehead atoms. The molecule has 4 aromatic rings. The van der Waals surface area contributed by atoms with Gasteiger partial charge in [-0.05, 0) is 31.2 Å². The smallest absolute Gasteiger partial charge is 0.165 e. The van der Waals surface area contributed by atoms with Gasteiger partial charge >= 0.3 is 0 Å². The number of hydrogen-bond donors (Lipinski definition) is 0. The van der Waals surface area contributed by atoms with Crippen LogP contribution in [-0.2, 0) is 0 Å². The Morgan fingerprint density at radius 3 is 2.87 bits per heavy atom. The molecule has 23 heavy (non-hydrogen) atoms. The summed E-state index contributed by atoms with van der Waals surface area (Å²) < 4.78 is 2.81. The molecule has 0 saturated carbocycles. The first-order valence-electron chi connectivity index (χ1n) is 7.04. The first-order valence-corrected chi connectivity index (χ1v) is 7.85. The van der Waals surface area contributed by atoms with E-state index in [1.165, 1.54) is 6.33 Å². The number of rotatable bonds is 2. The maximum Gasteiger partial charge on any atom is 0.165 e. The number of hydrogen-bond acceptors (Lipinski definition) is 5. The van der Waals surface area contributed by atoms with E-state index in [-0.39, 0.29) is 0 Å². The van der Waals surface area contributed by atoms with Crippen LogP contribution in [0.25, 0.3) is 27.3 Å². The van der Waals surface area contributed by atoms with Crippen molar-refractivity contribution in [1.82, 2.24) is 19.7 Å². The van der Waals surface area contributed by atoms with Gasteiger partial charge in [0.15, 0.2) is 5.82 Å². The van der Waals surface area contributed by atoms with Crippen LogP contribution in [0.2, 0.25) is 0 Å². The predicted octanol–water partition coefficient (Wildman–Crippen LogP) is 3.72. The fourth-order valence-corrected chi connectivity index (χ4v) is 3.45. The van der Waals surface area contributed by atoms with E-state index < -0.39 is 0 Å². The lowest BCUT2D eigenvalue weighted by atomic mass is 10.1. The van der Waals surface area contributed by atoms with Crippen molar-refractivity contribution in [3.8, 4) is 23.1 Å². The summed E-state index contributed by atoms with van der Waals surface area (Å²) >= 11 is 1.65. The number of aryl methyl sites for hydroxylation is 1. The molecule has 0 aliphatic heterocycles. The van der Waals surface area contributed by atoms with Gasteiger partial charge in [-0.15, -0.1) is 11.3 Å². The van der Waals surface area contributed by atoms with Gasteiger partial charge < -0.3 is 0 Å². The van der Waals surface area contributed by atoms with Crippen molar-refractivity contribution in [2.45, 2.75) is 6.92 Å². The Hall–Kier alpha value is -3.04. The molecule has 0 atom stereocenters. The van der Waals surface area contributed by atoms with Crippen molar-refractivity contribution in [3.05, 3.63) is 59.4 Å². The third-order valence-electron chi connectivity index (χ3n) is 3.57. The van der Waals surface area contributed by atoms with Gasteiger partial charge in [-0.2, -0.15) is 10.4 Å². The summed E-state index contributed by atoms with van der Waals surface area (Å²) in [5, 5.41) is 14.7. The SMILES string of the molecule is Cc1nc2c(-c3ncnn3-c3ccccc3C#N)cccc2s1. The van der Waals surface area contributed by atoms with Crippen molar-refractivity contribution >= 4 is 21.6 Å². The second kappa shape index (κ2) is 5.30. The molecule has 6 heteroatoms. The van der Waals surface area contributed by atoms with Gasteiger partial charge in [0, 0.05) is 5.56 Å². The number of thiazole rings is 1. The molecule has 0 amide bonds. The highest BCUT2D eigenvalue weighted by Crippen LogP contribution is 2.31. The van der Waals surface area contributed by atoms with Crippen LogP contribution in [0, 0.1) is 18.3 Å². The zero-order valence-electron chi connectivity index (χ0n) is 12.3. The minimum absolute atomic E-state index is 0.556. The summed E-state index contributed by atoms with van der Waals surface area (Å²) in [6.45, 7) is 1.99. The summed E-state index contributed by atoms with van der Waals surface area (Å²) in [6.07, 6.45) is 1.50. The maximum absolute atomic E-state index is 9.33. The minimum atomic E-state index is 0.556. The molecule has 2 aromatic carbocycles. The number of benzene rings is 2. The highest BCUT2D eigenvalue weighted by atomic mass is 32.1. The molecule has 0 radical (unpaired) electrons. The Morgan fingerprint density at radius 1 is 1.13 bits per heavy atom. The fourth-order valence-electron chi connectivity index (χ4n) is 2.59. The van der Waals surface area contributed by atoms with E-state index in [9.17, 15) is 5.26 Å². The molecule has 0 aliphatic carbocycles. The quantitative estimate of drug-likeness (QED) is 0.565. The molecule has 4 rings (SSSR count). The van der Waals surface area contributed by atoms with E-state index in [0.29, 0.717) is 17.1 Å². The standard InChI is InChI=1S/C17H11N5S/c1-11-21-16-13(6-4-8-15(16)23-11)17-19-10-20-22(17)14-7-3-2-5-12(14)9-18/h2-8,10H,1H3. The fraction of sp³-hybridized carbons (Fsp3) is 0.0588. The Balaban J connectivity index is 1.98. The molecular weight excluding hydrogens is 306 g/mol. The zero-order valence-corrected chi connectivity index (χ0v) is 13.1. The van der Waals surface area contributed by atoms with E-state index in [1.54, 1.807) is 22.1 Å². The molecule has 0 aliphatic rings. The highest BCUT2D eigenvalue weighted by Gasteiger charge is 2.16. The van der Waals surface area contributed by atoms with Crippen LogP contribution in [-0.4, -0.2) is 19.7 Å². The van der Waals surface area contributed by atoms with Crippen LogP contribution in [0.5, 0.6) is 0 Å². The third kappa shape index (κ3) is 2.18. The first kappa shape index (κ1) is 13.6. The number of fused-ring (bicyclic) bond motifs is 1. The monoisotopic (exact) mass is 317 g/mol. The lowest BCUT2D eigenvalue weighted by molar-refractivity contribution is 0.884. The summed E-state index contributed by atoms with van der Waals surface area (Å²) in [5.74, 6) is 0.684. The molecule has 0 N–H and O–H groups in total. The average Bonchev–Trinajstić information content (AvgIpc) is 3.19. The minimum Gasteiger partial charge on any atom is -0.241 e. The zero-order chi connectivity index (χ0) is 15.8. The number of para-hydroxylation sites is 2. The van der Waals surface area contributed by atoms with E-state index in [0.717, 1.165) is 20.8 Å². The van der Waals surface area contributed by atoms with Crippen LogP contribution in [0.15, 0.2) is 48.8 Å². The summed E-state index contributed by atoms with van der Waals surface area (Å²) in [6, 6.07) is 15.6. The largest absolute Gasteiger partial charge is 0.241 e. The number of aromatic nitrogens is 4. The summed E-state index contributed by atoms with van der Waals surface area (Å²) in [4.78, 5) is 9.02. The van der Waals surface area contributed by atoms with Gasteiger partial charge in [-0.1, -0.05) is 18.2 Å². The third-order valence-corrected chi connectivity index (χ3v) is 4.50. The van der Waals surface area contributed by atoms with Crippen molar-refractivity contribution in [2.75, 3.05) is 0 Å². The molecule has 0 unspecified atom stereocenters. The topological polar surface area (TPSA) is 67.4 Å². The molecular formula is C17H11N5S. The van der Waals surface area contributed by atoms with Gasteiger partial charge in [-0.25, -0.2) is 14.6 Å². The summed E-state index contributed by atoms with van der Waals surface area (Å²) in [7, 11) is 0. The Kier molecular flexibility index (Phi) is 3.14. The maximum atomic E-state index is 9.33. The van der Waals surface area contributed by atoms with Gasteiger partial charge in [0.25, 0.3) is 0 Å². The second-order valence-electron chi connectivity index (χ2n) is 5.01. The highest BCUT2D eigenvalue weighted by molar-refractivity contribution is 7.18. The van der Waals surface area contributed by atoms with Crippen LogP contribution in [0.1, 0.15) is 10.6 Å². The molecule has 2 heterocycles. The van der Waals surface area contributed by atoms with Gasteiger partial charge in [-0.3, -0.25) is 0 Å². The van der Waals surface area contributed by atoms with Crippen LogP contribution >= 0.6 is 11.3 Å². The van der Waals surface area contributed by atoms with Crippen LogP contribution < -0.4 is 0 Å². The molecule has 5 nitrogen and oxygen atoms in total.